The number of amides is 1. The van der Waals surface area contributed by atoms with Crippen molar-refractivity contribution in [3.05, 3.63) is 11.5 Å². The second-order valence-electron chi connectivity index (χ2n) is 5.66. The monoisotopic (exact) mass is 369 g/mol. The van der Waals surface area contributed by atoms with Crippen molar-refractivity contribution in [1.82, 2.24) is 14.8 Å². The minimum atomic E-state index is -4.47. The van der Waals surface area contributed by atoms with E-state index in [1.165, 1.54) is 18.2 Å². The van der Waals surface area contributed by atoms with Crippen LogP contribution in [0.1, 0.15) is 24.3 Å². The minimum Gasteiger partial charge on any atom is -0.360 e. The fourth-order valence-electron chi connectivity index (χ4n) is 2.66. The Morgan fingerprint density at radius 2 is 1.92 bits per heavy atom. The molecule has 0 spiro atoms. The van der Waals surface area contributed by atoms with Crippen molar-refractivity contribution in [2.24, 2.45) is 5.92 Å². The standard InChI is InChI=1S/C13H18F3N3O4S/c1-8-11(9(2)23-18-8)24(21,22)19-5-3-10(4-6-19)12(20)17-7-13(14,15)16/h10H,3-7H2,1-2H3,(H,17,20). The highest BCUT2D eigenvalue weighted by Crippen LogP contribution is 2.27. The number of nitrogens with zero attached hydrogens (tertiary/aromatic N) is 2. The first-order valence-corrected chi connectivity index (χ1v) is 8.74. The van der Waals surface area contributed by atoms with E-state index in [1.807, 2.05) is 5.32 Å². The minimum absolute atomic E-state index is 0.00229. The van der Waals surface area contributed by atoms with E-state index in [4.69, 9.17) is 4.52 Å². The molecule has 1 N–H and O–H groups in total. The zero-order chi connectivity index (χ0) is 18.1. The summed E-state index contributed by atoms with van der Waals surface area (Å²) >= 11 is 0. The topological polar surface area (TPSA) is 92.5 Å². The van der Waals surface area contributed by atoms with Crippen molar-refractivity contribution in [1.29, 1.82) is 0 Å². The van der Waals surface area contributed by atoms with Gasteiger partial charge < -0.3 is 9.84 Å². The lowest BCUT2D eigenvalue weighted by molar-refractivity contribution is -0.141. The van der Waals surface area contributed by atoms with Crippen molar-refractivity contribution in [2.75, 3.05) is 19.6 Å². The van der Waals surface area contributed by atoms with E-state index in [0.29, 0.717) is 0 Å². The van der Waals surface area contributed by atoms with Crippen LogP contribution >= 0.6 is 0 Å². The van der Waals surface area contributed by atoms with Gasteiger partial charge in [0.2, 0.25) is 15.9 Å². The Hall–Kier alpha value is -1.62. The fourth-order valence-corrected chi connectivity index (χ4v) is 4.42. The molecule has 1 aromatic heterocycles. The van der Waals surface area contributed by atoms with Gasteiger partial charge in [-0.15, -0.1) is 0 Å². The van der Waals surface area contributed by atoms with Crippen molar-refractivity contribution in [3.63, 3.8) is 0 Å². The van der Waals surface area contributed by atoms with E-state index in [1.54, 1.807) is 0 Å². The van der Waals surface area contributed by atoms with Crippen molar-refractivity contribution < 1.29 is 30.9 Å². The number of aromatic nitrogens is 1. The molecule has 1 saturated heterocycles. The molecule has 11 heteroatoms. The third-order valence-electron chi connectivity index (χ3n) is 3.85. The van der Waals surface area contributed by atoms with Crippen molar-refractivity contribution in [3.8, 4) is 0 Å². The number of hydrogen-bond acceptors (Lipinski definition) is 5. The Balaban J connectivity index is 1.99. The molecule has 0 radical (unpaired) electrons. The van der Waals surface area contributed by atoms with Crippen LogP contribution in [0.2, 0.25) is 0 Å². The maximum atomic E-state index is 12.6. The summed E-state index contributed by atoms with van der Waals surface area (Å²) in [6.45, 7) is 1.72. The summed E-state index contributed by atoms with van der Waals surface area (Å²) < 4.78 is 67.6. The zero-order valence-electron chi connectivity index (χ0n) is 13.2. The molecule has 0 bridgehead atoms. The number of sulfonamides is 1. The van der Waals surface area contributed by atoms with E-state index in [9.17, 15) is 26.4 Å². The van der Waals surface area contributed by atoms with Crippen LogP contribution in [0.15, 0.2) is 9.42 Å². The molecule has 1 fully saturated rings. The fraction of sp³-hybridized carbons (Fsp3) is 0.692. The lowest BCUT2D eigenvalue weighted by Gasteiger charge is -2.30. The van der Waals surface area contributed by atoms with E-state index < -0.39 is 34.6 Å². The molecule has 0 aliphatic carbocycles. The van der Waals surface area contributed by atoms with Gasteiger partial charge >= 0.3 is 6.18 Å². The number of aryl methyl sites for hydroxylation is 2. The number of halogens is 3. The Labute approximate surface area is 137 Å². The van der Waals surface area contributed by atoms with Crippen LogP contribution in [0.3, 0.4) is 0 Å². The van der Waals surface area contributed by atoms with E-state index >= 15 is 0 Å². The molecule has 1 aliphatic rings. The van der Waals surface area contributed by atoms with Crippen LogP contribution in [0.25, 0.3) is 0 Å². The van der Waals surface area contributed by atoms with Crippen LogP contribution in [-0.2, 0) is 14.8 Å². The maximum Gasteiger partial charge on any atom is 0.405 e. The number of carbonyl (C=O) groups excluding carboxylic acids is 1. The average molecular weight is 369 g/mol. The quantitative estimate of drug-likeness (QED) is 0.865. The second kappa shape index (κ2) is 6.71. The SMILES string of the molecule is Cc1noc(C)c1S(=O)(=O)N1CCC(C(=O)NCC(F)(F)F)CC1. The summed E-state index contributed by atoms with van der Waals surface area (Å²) in [5, 5.41) is 5.45. The van der Waals surface area contributed by atoms with Crippen molar-refractivity contribution >= 4 is 15.9 Å². The summed E-state index contributed by atoms with van der Waals surface area (Å²) in [5.41, 5.74) is 0.248. The number of piperidine rings is 1. The Morgan fingerprint density at radius 3 is 2.38 bits per heavy atom. The molecule has 0 aromatic carbocycles. The van der Waals surface area contributed by atoms with Gasteiger partial charge in [0.05, 0.1) is 0 Å². The maximum absolute atomic E-state index is 12.6. The van der Waals surface area contributed by atoms with Gasteiger partial charge in [-0.25, -0.2) is 8.42 Å². The van der Waals surface area contributed by atoms with Crippen LogP contribution in [-0.4, -0.2) is 49.6 Å². The number of alkyl halides is 3. The van der Waals surface area contributed by atoms with Crippen molar-refractivity contribution in [2.45, 2.75) is 37.8 Å². The first kappa shape index (κ1) is 18.7. The Morgan fingerprint density at radius 1 is 1.33 bits per heavy atom. The summed E-state index contributed by atoms with van der Waals surface area (Å²) in [6.07, 6.45) is -4.15. The van der Waals surface area contributed by atoms with Gasteiger partial charge in [-0.05, 0) is 26.7 Å². The first-order valence-electron chi connectivity index (χ1n) is 7.30. The third-order valence-corrected chi connectivity index (χ3v) is 6.00. The summed E-state index contributed by atoms with van der Waals surface area (Å²) in [5.74, 6) is -1.16. The highest BCUT2D eigenvalue weighted by Gasteiger charge is 2.36. The van der Waals surface area contributed by atoms with E-state index in [2.05, 4.69) is 5.16 Å². The normalized spacial score (nSPS) is 17.9. The largest absolute Gasteiger partial charge is 0.405 e. The number of rotatable bonds is 4. The number of carbonyl (C=O) groups is 1. The summed E-state index contributed by atoms with van der Waals surface area (Å²) in [6, 6.07) is 0. The first-order chi connectivity index (χ1) is 11.0. The predicted octanol–water partition coefficient (Wildman–Crippen LogP) is 1.37. The predicted molar refractivity (Wildman–Crippen MR) is 76.5 cm³/mol. The molecule has 0 unspecified atom stereocenters. The Kier molecular flexibility index (Phi) is 5.23. The molecule has 1 aliphatic heterocycles. The number of hydrogen-bond donors (Lipinski definition) is 1. The molecule has 1 amide bonds. The molecule has 2 rings (SSSR count). The Bertz CT molecular complexity index is 687. The molecule has 0 saturated carbocycles. The number of nitrogens with one attached hydrogen (secondary N) is 1. The highest BCUT2D eigenvalue weighted by atomic mass is 32.2. The van der Waals surface area contributed by atoms with E-state index in [0.717, 1.165) is 0 Å². The van der Waals surface area contributed by atoms with E-state index in [-0.39, 0.29) is 42.3 Å². The van der Waals surface area contributed by atoms with Gasteiger partial charge in [0, 0.05) is 19.0 Å². The van der Waals surface area contributed by atoms with Crippen LogP contribution in [0, 0.1) is 19.8 Å². The summed E-state index contributed by atoms with van der Waals surface area (Å²) in [7, 11) is -3.80. The molecule has 2 heterocycles. The zero-order valence-corrected chi connectivity index (χ0v) is 14.0. The van der Waals surface area contributed by atoms with Crippen LogP contribution < -0.4 is 5.32 Å². The molecular weight excluding hydrogens is 351 g/mol. The third kappa shape index (κ3) is 4.07. The highest BCUT2D eigenvalue weighted by molar-refractivity contribution is 7.89. The van der Waals surface area contributed by atoms with Gasteiger partial charge in [-0.1, -0.05) is 5.16 Å². The molecule has 136 valence electrons. The van der Waals surface area contributed by atoms with Gasteiger partial charge in [0.25, 0.3) is 0 Å². The van der Waals surface area contributed by atoms with Gasteiger partial charge in [0.1, 0.15) is 17.1 Å². The molecular formula is C13H18F3N3O4S. The molecule has 0 atom stereocenters. The smallest absolute Gasteiger partial charge is 0.360 e. The van der Waals surface area contributed by atoms with Crippen LogP contribution in [0.4, 0.5) is 13.2 Å². The lowest BCUT2D eigenvalue weighted by atomic mass is 9.97. The average Bonchev–Trinajstić information content (AvgIpc) is 2.84. The summed E-state index contributed by atoms with van der Waals surface area (Å²) in [4.78, 5) is 11.7. The van der Waals surface area contributed by atoms with Crippen LogP contribution in [0.5, 0.6) is 0 Å². The van der Waals surface area contributed by atoms with Gasteiger partial charge in [-0.3, -0.25) is 4.79 Å². The molecule has 7 nitrogen and oxygen atoms in total. The lowest BCUT2D eigenvalue weighted by Crippen LogP contribution is -2.44. The van der Waals surface area contributed by atoms with Gasteiger partial charge in [0.15, 0.2) is 5.76 Å². The van der Waals surface area contributed by atoms with Gasteiger partial charge in [-0.2, -0.15) is 17.5 Å². The molecule has 1 aromatic rings. The molecule has 24 heavy (non-hydrogen) atoms. The second-order valence-corrected chi connectivity index (χ2v) is 7.54.